The van der Waals surface area contributed by atoms with E-state index < -0.39 is 8.60 Å². The highest BCUT2D eigenvalue weighted by Gasteiger charge is 2.33. The zero-order valence-electron chi connectivity index (χ0n) is 20.9. The minimum Gasteiger partial charge on any atom is -0.310 e. The standard InChI is InChI=1S/C24H48Cl3O3P/c1-7-13-16-22(25,10-4)19-28-31(29-20-23(26,11-5)17-14-8-2)30-21-24(27,12-6)18-15-9-3/h7-21H2,1-6H3. The second kappa shape index (κ2) is 17.6. The van der Waals surface area contributed by atoms with Crippen molar-refractivity contribution in [1.29, 1.82) is 0 Å². The molecule has 7 heteroatoms. The molecule has 0 saturated carbocycles. The Morgan fingerprint density at radius 1 is 0.516 bits per heavy atom. The third-order valence-electron chi connectivity index (χ3n) is 6.12. The molecule has 0 aliphatic rings. The van der Waals surface area contributed by atoms with Crippen LogP contribution in [0.15, 0.2) is 0 Å². The van der Waals surface area contributed by atoms with Crippen molar-refractivity contribution in [1.82, 2.24) is 0 Å². The SMILES string of the molecule is CCCCC(Cl)(CC)COP(OCC(Cl)(CC)CCCC)OCC(Cl)(CC)CCCC. The maximum atomic E-state index is 6.84. The van der Waals surface area contributed by atoms with Crippen molar-refractivity contribution in [3.63, 3.8) is 0 Å². The van der Waals surface area contributed by atoms with Crippen LogP contribution in [0.3, 0.4) is 0 Å². The molecule has 0 fully saturated rings. The molecule has 0 heterocycles. The summed E-state index contributed by atoms with van der Waals surface area (Å²) in [5.74, 6) is 0. The van der Waals surface area contributed by atoms with Gasteiger partial charge in [-0.05, 0) is 38.5 Å². The molecule has 0 radical (unpaired) electrons. The molecule has 3 atom stereocenters. The van der Waals surface area contributed by atoms with Crippen LogP contribution >= 0.6 is 43.4 Å². The summed E-state index contributed by atoms with van der Waals surface area (Å²) in [6.45, 7) is 14.1. The first-order chi connectivity index (χ1) is 14.6. The van der Waals surface area contributed by atoms with Gasteiger partial charge in [-0.2, -0.15) is 0 Å². The van der Waals surface area contributed by atoms with E-state index in [2.05, 4.69) is 41.5 Å². The number of hydrogen-bond acceptors (Lipinski definition) is 3. The summed E-state index contributed by atoms with van der Waals surface area (Å²) >= 11 is 20.5. The van der Waals surface area contributed by atoms with E-state index in [9.17, 15) is 0 Å². The van der Waals surface area contributed by atoms with Gasteiger partial charge in [0.25, 0.3) is 0 Å². The van der Waals surface area contributed by atoms with Crippen LogP contribution in [0.1, 0.15) is 119 Å². The van der Waals surface area contributed by atoms with Crippen LogP contribution in [-0.4, -0.2) is 34.4 Å². The van der Waals surface area contributed by atoms with E-state index in [0.29, 0.717) is 19.8 Å². The highest BCUT2D eigenvalue weighted by Crippen LogP contribution is 2.46. The molecule has 3 unspecified atom stereocenters. The summed E-state index contributed by atoms with van der Waals surface area (Å²) in [5.41, 5.74) is 0. The lowest BCUT2D eigenvalue weighted by Gasteiger charge is -2.32. The Morgan fingerprint density at radius 2 is 0.774 bits per heavy atom. The monoisotopic (exact) mass is 520 g/mol. The molecule has 0 rings (SSSR count). The van der Waals surface area contributed by atoms with Crippen molar-refractivity contribution in [2.45, 2.75) is 133 Å². The number of rotatable bonds is 21. The fourth-order valence-corrected chi connectivity index (χ4v) is 5.22. The molecule has 0 aromatic carbocycles. The Balaban J connectivity index is 5.13. The Bertz CT molecular complexity index is 384. The smallest absolute Gasteiger partial charge is 0.310 e. The third-order valence-corrected chi connectivity index (χ3v) is 8.84. The molecule has 0 spiro atoms. The van der Waals surface area contributed by atoms with Crippen molar-refractivity contribution < 1.29 is 13.6 Å². The zero-order valence-corrected chi connectivity index (χ0v) is 24.1. The lowest BCUT2D eigenvalue weighted by molar-refractivity contribution is 0.122. The third kappa shape index (κ3) is 14.2. The molecule has 0 amide bonds. The first-order valence-corrected chi connectivity index (χ1v) is 14.6. The van der Waals surface area contributed by atoms with Crippen LogP contribution in [0, 0.1) is 0 Å². The molecule has 0 saturated heterocycles. The second-order valence-electron chi connectivity index (χ2n) is 8.87. The Labute approximate surface area is 209 Å². The van der Waals surface area contributed by atoms with Gasteiger partial charge in [0.15, 0.2) is 0 Å². The van der Waals surface area contributed by atoms with Crippen molar-refractivity contribution >= 4 is 43.4 Å². The average molecular weight is 522 g/mol. The van der Waals surface area contributed by atoms with Crippen molar-refractivity contribution in [3.05, 3.63) is 0 Å². The summed E-state index contributed by atoms with van der Waals surface area (Å²) in [5, 5.41) is 0. The summed E-state index contributed by atoms with van der Waals surface area (Å²) in [6.07, 6.45) is 11.8. The van der Waals surface area contributed by atoms with Crippen LogP contribution in [0.25, 0.3) is 0 Å². The molecular weight excluding hydrogens is 474 g/mol. The molecule has 0 bridgehead atoms. The first-order valence-electron chi connectivity index (χ1n) is 12.4. The molecule has 0 aromatic heterocycles. The van der Waals surface area contributed by atoms with Crippen LogP contribution in [-0.2, 0) is 13.6 Å². The largest absolute Gasteiger partial charge is 0.332 e. The zero-order chi connectivity index (χ0) is 23.8. The van der Waals surface area contributed by atoms with Gasteiger partial charge in [0, 0.05) is 0 Å². The number of halogens is 3. The van der Waals surface area contributed by atoms with Gasteiger partial charge < -0.3 is 13.6 Å². The molecule has 0 N–H and O–H groups in total. The van der Waals surface area contributed by atoms with Gasteiger partial charge in [-0.25, -0.2) is 0 Å². The van der Waals surface area contributed by atoms with Crippen molar-refractivity contribution in [2.24, 2.45) is 0 Å². The van der Waals surface area contributed by atoms with Gasteiger partial charge in [0.2, 0.25) is 0 Å². The molecule has 31 heavy (non-hydrogen) atoms. The Hall–Kier alpha value is 1.18. The Morgan fingerprint density at radius 3 is 0.968 bits per heavy atom. The maximum Gasteiger partial charge on any atom is 0.332 e. The number of hydrogen-bond donors (Lipinski definition) is 0. The summed E-state index contributed by atoms with van der Waals surface area (Å²) < 4.78 is 18.5. The molecule has 0 aliphatic carbocycles. The van der Waals surface area contributed by atoms with E-state index >= 15 is 0 Å². The van der Waals surface area contributed by atoms with Crippen LogP contribution in [0.2, 0.25) is 0 Å². The first kappa shape index (κ1) is 32.2. The van der Waals surface area contributed by atoms with Crippen LogP contribution < -0.4 is 0 Å². The van der Waals surface area contributed by atoms with Gasteiger partial charge in [0.05, 0.1) is 34.4 Å². The second-order valence-corrected chi connectivity index (χ2v) is 12.5. The van der Waals surface area contributed by atoms with Gasteiger partial charge in [-0.15, -0.1) is 34.8 Å². The van der Waals surface area contributed by atoms with E-state index in [1.54, 1.807) is 0 Å². The minimum atomic E-state index is -1.57. The number of unbranched alkanes of at least 4 members (excludes halogenated alkanes) is 3. The van der Waals surface area contributed by atoms with Crippen LogP contribution in [0.5, 0.6) is 0 Å². The predicted octanol–water partition coefficient (Wildman–Crippen LogP) is 10.00. The van der Waals surface area contributed by atoms with E-state index in [1.165, 1.54) is 0 Å². The van der Waals surface area contributed by atoms with Gasteiger partial charge in [-0.3, -0.25) is 0 Å². The van der Waals surface area contributed by atoms with Crippen molar-refractivity contribution in [3.8, 4) is 0 Å². The lowest BCUT2D eigenvalue weighted by atomic mass is 9.99. The predicted molar refractivity (Wildman–Crippen MR) is 140 cm³/mol. The quantitative estimate of drug-likeness (QED) is 0.111. The molecular formula is C24H48Cl3O3P. The molecule has 0 aliphatic heterocycles. The highest BCUT2D eigenvalue weighted by molar-refractivity contribution is 7.41. The highest BCUT2D eigenvalue weighted by atomic mass is 35.5. The summed E-state index contributed by atoms with van der Waals surface area (Å²) in [4.78, 5) is -1.17. The number of alkyl halides is 3. The lowest BCUT2D eigenvalue weighted by Crippen LogP contribution is -2.30. The maximum absolute atomic E-state index is 6.84. The van der Waals surface area contributed by atoms with Gasteiger partial charge in [-0.1, -0.05) is 80.1 Å². The fourth-order valence-electron chi connectivity index (χ4n) is 3.15. The van der Waals surface area contributed by atoms with E-state index in [-0.39, 0.29) is 14.6 Å². The van der Waals surface area contributed by atoms with E-state index in [4.69, 9.17) is 48.4 Å². The van der Waals surface area contributed by atoms with E-state index in [1.807, 2.05) is 0 Å². The summed E-state index contributed by atoms with van der Waals surface area (Å²) in [6, 6.07) is 0. The summed E-state index contributed by atoms with van der Waals surface area (Å²) in [7, 11) is -1.57. The van der Waals surface area contributed by atoms with E-state index in [0.717, 1.165) is 77.0 Å². The van der Waals surface area contributed by atoms with Gasteiger partial charge in [0.1, 0.15) is 0 Å². The van der Waals surface area contributed by atoms with Crippen LogP contribution in [0.4, 0.5) is 0 Å². The van der Waals surface area contributed by atoms with Gasteiger partial charge >= 0.3 is 8.60 Å². The fraction of sp³-hybridized carbons (Fsp3) is 1.00. The molecule has 3 nitrogen and oxygen atoms in total. The Kier molecular flexibility index (Phi) is 18.3. The minimum absolute atomic E-state index is 0.390. The molecule has 188 valence electrons. The average Bonchev–Trinajstić information content (AvgIpc) is 2.79. The molecule has 0 aromatic rings. The topological polar surface area (TPSA) is 27.7 Å². The van der Waals surface area contributed by atoms with Crippen molar-refractivity contribution in [2.75, 3.05) is 19.8 Å². The normalized spacial score (nSPS) is 18.9.